The number of nitrogens with two attached hydrogens (primary N) is 2. The van der Waals surface area contributed by atoms with Crippen molar-refractivity contribution in [1.82, 2.24) is 4.90 Å². The second kappa shape index (κ2) is 2.37. The molecular formula is C6H13N3. The van der Waals surface area contributed by atoms with Crippen LogP contribution in [0.15, 0.2) is 11.8 Å². The molecule has 0 aromatic carbocycles. The van der Waals surface area contributed by atoms with Crippen LogP contribution in [-0.4, -0.2) is 24.7 Å². The largest absolute Gasteiger partial charge is 0.402 e. The SMILES string of the molecule is CN1CC=C(N)CC1N. The van der Waals surface area contributed by atoms with Gasteiger partial charge in [-0.25, -0.2) is 0 Å². The average molecular weight is 127 g/mol. The Labute approximate surface area is 55.3 Å². The van der Waals surface area contributed by atoms with E-state index in [1.807, 2.05) is 13.1 Å². The monoisotopic (exact) mass is 127 g/mol. The summed E-state index contributed by atoms with van der Waals surface area (Å²) >= 11 is 0. The van der Waals surface area contributed by atoms with Gasteiger partial charge in [-0.05, 0) is 7.05 Å². The highest BCUT2D eigenvalue weighted by Crippen LogP contribution is 2.06. The van der Waals surface area contributed by atoms with Crippen molar-refractivity contribution in [1.29, 1.82) is 0 Å². The summed E-state index contributed by atoms with van der Waals surface area (Å²) < 4.78 is 0. The minimum Gasteiger partial charge on any atom is -0.402 e. The minimum absolute atomic E-state index is 0.120. The average Bonchev–Trinajstić information content (AvgIpc) is 1.80. The summed E-state index contributed by atoms with van der Waals surface area (Å²) in [6.07, 6.45) is 2.93. The van der Waals surface area contributed by atoms with Gasteiger partial charge in [-0.15, -0.1) is 0 Å². The van der Waals surface area contributed by atoms with Gasteiger partial charge in [0, 0.05) is 18.7 Å². The van der Waals surface area contributed by atoms with E-state index in [9.17, 15) is 0 Å². The highest BCUT2D eigenvalue weighted by Gasteiger charge is 2.13. The maximum atomic E-state index is 5.67. The first-order valence-electron chi connectivity index (χ1n) is 3.10. The van der Waals surface area contributed by atoms with Crippen LogP contribution in [0.25, 0.3) is 0 Å². The van der Waals surface area contributed by atoms with Gasteiger partial charge in [0.2, 0.25) is 0 Å². The third-order valence-corrected chi connectivity index (χ3v) is 1.65. The molecule has 0 saturated carbocycles. The van der Waals surface area contributed by atoms with Crippen LogP contribution in [0.3, 0.4) is 0 Å². The van der Waals surface area contributed by atoms with Crippen molar-refractivity contribution in [3.05, 3.63) is 11.8 Å². The number of likely N-dealkylation sites (N-methyl/N-ethyl adjacent to an activating group) is 1. The molecule has 52 valence electrons. The lowest BCUT2D eigenvalue weighted by molar-refractivity contribution is 0.256. The van der Waals surface area contributed by atoms with Crippen LogP contribution in [0, 0.1) is 0 Å². The molecule has 1 aliphatic heterocycles. The van der Waals surface area contributed by atoms with Gasteiger partial charge in [-0.1, -0.05) is 6.08 Å². The number of nitrogens with zero attached hydrogens (tertiary/aromatic N) is 1. The lowest BCUT2D eigenvalue weighted by Crippen LogP contribution is -2.43. The van der Waals surface area contributed by atoms with Gasteiger partial charge < -0.3 is 11.5 Å². The Kier molecular flexibility index (Phi) is 1.73. The van der Waals surface area contributed by atoms with Crippen LogP contribution in [0.5, 0.6) is 0 Å². The molecule has 0 aliphatic carbocycles. The lowest BCUT2D eigenvalue weighted by atomic mass is 10.2. The lowest BCUT2D eigenvalue weighted by Gasteiger charge is -2.27. The molecule has 1 heterocycles. The van der Waals surface area contributed by atoms with Crippen molar-refractivity contribution < 1.29 is 0 Å². The standard InChI is InChI=1S/C6H13N3/c1-9-3-2-5(7)4-6(9)8/h2,6H,3-4,7-8H2,1H3. The Morgan fingerprint density at radius 2 is 2.44 bits per heavy atom. The van der Waals surface area contributed by atoms with Crippen LogP contribution in [0.2, 0.25) is 0 Å². The van der Waals surface area contributed by atoms with Crippen molar-refractivity contribution in [2.24, 2.45) is 11.5 Å². The normalized spacial score (nSPS) is 30.0. The molecule has 0 fully saturated rings. The van der Waals surface area contributed by atoms with Crippen molar-refractivity contribution in [2.45, 2.75) is 12.6 Å². The van der Waals surface area contributed by atoms with Gasteiger partial charge in [0.25, 0.3) is 0 Å². The minimum atomic E-state index is 0.120. The molecule has 0 bridgehead atoms. The maximum Gasteiger partial charge on any atom is 0.0627 e. The van der Waals surface area contributed by atoms with Crippen LogP contribution in [-0.2, 0) is 0 Å². The van der Waals surface area contributed by atoms with Crippen LogP contribution in [0.4, 0.5) is 0 Å². The Balaban J connectivity index is 2.54. The summed E-state index contributed by atoms with van der Waals surface area (Å²) in [4.78, 5) is 2.07. The second-order valence-electron chi connectivity index (χ2n) is 2.49. The molecule has 1 rings (SSSR count). The molecule has 1 aliphatic rings. The number of rotatable bonds is 0. The Morgan fingerprint density at radius 1 is 1.78 bits per heavy atom. The predicted molar refractivity (Wildman–Crippen MR) is 37.5 cm³/mol. The molecule has 0 amide bonds. The summed E-state index contributed by atoms with van der Waals surface area (Å²) in [5.41, 5.74) is 12.1. The molecule has 4 N–H and O–H groups in total. The fraction of sp³-hybridized carbons (Fsp3) is 0.667. The van der Waals surface area contributed by atoms with E-state index in [1.54, 1.807) is 0 Å². The molecule has 0 aromatic heterocycles. The summed E-state index contributed by atoms with van der Waals surface area (Å²) in [7, 11) is 1.99. The fourth-order valence-corrected chi connectivity index (χ4v) is 0.877. The molecule has 0 radical (unpaired) electrons. The quantitative estimate of drug-likeness (QED) is 0.459. The zero-order valence-electron chi connectivity index (χ0n) is 5.67. The van der Waals surface area contributed by atoms with Gasteiger partial charge >= 0.3 is 0 Å². The molecule has 0 spiro atoms. The number of hydrogen-bond donors (Lipinski definition) is 2. The first-order chi connectivity index (χ1) is 4.20. The van der Waals surface area contributed by atoms with Crippen LogP contribution < -0.4 is 11.5 Å². The van der Waals surface area contributed by atoms with E-state index >= 15 is 0 Å². The molecule has 9 heavy (non-hydrogen) atoms. The van der Waals surface area contributed by atoms with Crippen molar-refractivity contribution in [3.8, 4) is 0 Å². The molecular weight excluding hydrogens is 114 g/mol. The van der Waals surface area contributed by atoms with Gasteiger partial charge in [-0.2, -0.15) is 0 Å². The molecule has 3 nitrogen and oxygen atoms in total. The van der Waals surface area contributed by atoms with E-state index in [4.69, 9.17) is 11.5 Å². The van der Waals surface area contributed by atoms with E-state index in [2.05, 4.69) is 4.90 Å². The van der Waals surface area contributed by atoms with Crippen molar-refractivity contribution in [2.75, 3.05) is 13.6 Å². The molecule has 1 unspecified atom stereocenters. The molecule has 0 aromatic rings. The third-order valence-electron chi connectivity index (χ3n) is 1.65. The Morgan fingerprint density at radius 3 is 2.89 bits per heavy atom. The molecule has 3 heteroatoms. The van der Waals surface area contributed by atoms with E-state index in [-0.39, 0.29) is 6.17 Å². The van der Waals surface area contributed by atoms with E-state index in [0.717, 1.165) is 18.7 Å². The van der Waals surface area contributed by atoms with Gasteiger partial charge in [0.1, 0.15) is 0 Å². The Hall–Kier alpha value is -0.540. The van der Waals surface area contributed by atoms with Crippen LogP contribution >= 0.6 is 0 Å². The van der Waals surface area contributed by atoms with E-state index in [1.165, 1.54) is 0 Å². The van der Waals surface area contributed by atoms with Crippen molar-refractivity contribution in [3.63, 3.8) is 0 Å². The van der Waals surface area contributed by atoms with Gasteiger partial charge in [-0.3, -0.25) is 4.90 Å². The third kappa shape index (κ3) is 1.43. The first-order valence-corrected chi connectivity index (χ1v) is 3.10. The van der Waals surface area contributed by atoms with Gasteiger partial charge in [0.05, 0.1) is 6.17 Å². The van der Waals surface area contributed by atoms with Crippen LogP contribution in [0.1, 0.15) is 6.42 Å². The molecule has 0 saturated heterocycles. The summed E-state index contributed by atoms with van der Waals surface area (Å²) in [6, 6.07) is 0. The van der Waals surface area contributed by atoms with Gasteiger partial charge in [0.15, 0.2) is 0 Å². The topological polar surface area (TPSA) is 55.3 Å². The summed E-state index contributed by atoms with van der Waals surface area (Å²) in [5, 5.41) is 0. The Bertz CT molecular complexity index is 130. The van der Waals surface area contributed by atoms with E-state index < -0.39 is 0 Å². The second-order valence-corrected chi connectivity index (χ2v) is 2.49. The fourth-order valence-electron chi connectivity index (χ4n) is 0.877. The summed E-state index contributed by atoms with van der Waals surface area (Å²) in [5.74, 6) is 0. The highest BCUT2D eigenvalue weighted by atomic mass is 15.2. The zero-order chi connectivity index (χ0) is 6.85. The van der Waals surface area contributed by atoms with E-state index in [0.29, 0.717) is 0 Å². The van der Waals surface area contributed by atoms with Crippen molar-refractivity contribution >= 4 is 0 Å². The maximum absolute atomic E-state index is 5.67. The first kappa shape index (κ1) is 6.58. The smallest absolute Gasteiger partial charge is 0.0627 e. The predicted octanol–water partition coefficient (Wildman–Crippen LogP) is -0.551. The summed E-state index contributed by atoms with van der Waals surface area (Å²) in [6.45, 7) is 0.882. The molecule has 1 atom stereocenters. The number of hydrogen-bond acceptors (Lipinski definition) is 3. The highest BCUT2D eigenvalue weighted by molar-refractivity contribution is 5.04. The zero-order valence-corrected chi connectivity index (χ0v) is 5.67.